The van der Waals surface area contributed by atoms with Crippen LogP contribution in [0.4, 0.5) is 10.6 Å². The first-order chi connectivity index (χ1) is 13.0. The van der Waals surface area contributed by atoms with Crippen LogP contribution in [-0.4, -0.2) is 61.1 Å². The van der Waals surface area contributed by atoms with Crippen molar-refractivity contribution in [2.45, 2.75) is 20.0 Å². The van der Waals surface area contributed by atoms with Gasteiger partial charge in [0.2, 0.25) is 0 Å². The molecule has 2 aromatic rings. The molecule has 1 saturated heterocycles. The maximum atomic E-state index is 12.5. The highest BCUT2D eigenvalue weighted by molar-refractivity contribution is 5.74. The standard InChI is InChI=1S/C21H29N5O/c1-17-5-4-6-19(13-17)16-25-9-11-26(12-10-25)21(27)23-15-18-7-8-22-20(14-18)24(2)3/h4-8,13-14H,9-12,15-16H2,1-3H3,(H,23,27). The van der Waals surface area contributed by atoms with Crippen molar-refractivity contribution in [3.05, 3.63) is 59.3 Å². The summed E-state index contributed by atoms with van der Waals surface area (Å²) in [5, 5.41) is 3.03. The van der Waals surface area contributed by atoms with Gasteiger partial charge in [0.05, 0.1) is 0 Å². The molecule has 2 amide bonds. The van der Waals surface area contributed by atoms with E-state index in [0.717, 1.165) is 44.1 Å². The summed E-state index contributed by atoms with van der Waals surface area (Å²) in [6.07, 6.45) is 1.78. The molecule has 0 atom stereocenters. The number of anilines is 1. The minimum absolute atomic E-state index is 0.00780. The van der Waals surface area contributed by atoms with Gasteiger partial charge < -0.3 is 15.1 Å². The van der Waals surface area contributed by atoms with Gasteiger partial charge in [-0.05, 0) is 30.2 Å². The number of aromatic nitrogens is 1. The van der Waals surface area contributed by atoms with Crippen LogP contribution in [0.15, 0.2) is 42.6 Å². The summed E-state index contributed by atoms with van der Waals surface area (Å²) < 4.78 is 0. The molecule has 0 bridgehead atoms. The van der Waals surface area contributed by atoms with Crippen molar-refractivity contribution in [1.82, 2.24) is 20.1 Å². The lowest BCUT2D eigenvalue weighted by Crippen LogP contribution is -2.51. The van der Waals surface area contributed by atoms with Gasteiger partial charge >= 0.3 is 6.03 Å². The average Bonchev–Trinajstić information content (AvgIpc) is 2.67. The molecule has 0 radical (unpaired) electrons. The molecular weight excluding hydrogens is 338 g/mol. The van der Waals surface area contributed by atoms with Gasteiger partial charge in [-0.1, -0.05) is 29.8 Å². The molecule has 144 valence electrons. The van der Waals surface area contributed by atoms with Crippen LogP contribution in [0.5, 0.6) is 0 Å². The number of hydrogen-bond donors (Lipinski definition) is 1. The highest BCUT2D eigenvalue weighted by atomic mass is 16.2. The fourth-order valence-electron chi connectivity index (χ4n) is 3.28. The number of carbonyl (C=O) groups is 1. The fourth-order valence-corrected chi connectivity index (χ4v) is 3.28. The van der Waals surface area contributed by atoms with Gasteiger partial charge in [0.1, 0.15) is 5.82 Å². The second-order valence-electron chi connectivity index (χ2n) is 7.33. The Hall–Kier alpha value is -2.60. The second kappa shape index (κ2) is 8.86. The number of amides is 2. The molecule has 1 aromatic carbocycles. The van der Waals surface area contributed by atoms with E-state index in [9.17, 15) is 4.79 Å². The first-order valence-electron chi connectivity index (χ1n) is 9.44. The monoisotopic (exact) mass is 367 g/mol. The summed E-state index contributed by atoms with van der Waals surface area (Å²) in [6.45, 7) is 6.92. The van der Waals surface area contributed by atoms with Gasteiger partial charge in [-0.3, -0.25) is 4.90 Å². The number of rotatable bonds is 5. The Kier molecular flexibility index (Phi) is 6.29. The molecule has 1 aromatic heterocycles. The van der Waals surface area contributed by atoms with Crippen molar-refractivity contribution in [3.63, 3.8) is 0 Å². The predicted octanol–water partition coefficient (Wildman–Crippen LogP) is 2.48. The lowest BCUT2D eigenvalue weighted by atomic mass is 10.1. The Bertz CT molecular complexity index is 769. The van der Waals surface area contributed by atoms with E-state index >= 15 is 0 Å². The molecule has 0 unspecified atom stereocenters. The number of aryl methyl sites for hydroxylation is 1. The highest BCUT2D eigenvalue weighted by Crippen LogP contribution is 2.12. The van der Waals surface area contributed by atoms with Gasteiger partial charge in [0, 0.05) is 59.6 Å². The summed E-state index contributed by atoms with van der Waals surface area (Å²) in [7, 11) is 3.92. The topological polar surface area (TPSA) is 51.7 Å². The Balaban J connectivity index is 1.45. The van der Waals surface area contributed by atoms with Crippen LogP contribution in [0.2, 0.25) is 0 Å². The normalized spacial score (nSPS) is 14.9. The Labute approximate surface area is 161 Å². The molecule has 0 saturated carbocycles. The van der Waals surface area contributed by atoms with E-state index in [1.54, 1.807) is 6.20 Å². The van der Waals surface area contributed by atoms with Crippen molar-refractivity contribution in [2.75, 3.05) is 45.2 Å². The zero-order valence-corrected chi connectivity index (χ0v) is 16.5. The van der Waals surface area contributed by atoms with Crippen LogP contribution >= 0.6 is 0 Å². The Morgan fingerprint density at radius 3 is 2.59 bits per heavy atom. The van der Waals surface area contributed by atoms with Crippen LogP contribution in [0.3, 0.4) is 0 Å². The highest BCUT2D eigenvalue weighted by Gasteiger charge is 2.20. The molecule has 0 aliphatic carbocycles. The molecular formula is C21H29N5O. The summed E-state index contributed by atoms with van der Waals surface area (Å²) in [4.78, 5) is 23.0. The van der Waals surface area contributed by atoms with E-state index in [1.165, 1.54) is 11.1 Å². The van der Waals surface area contributed by atoms with Gasteiger partial charge in [-0.2, -0.15) is 0 Å². The van der Waals surface area contributed by atoms with E-state index in [1.807, 2.05) is 36.0 Å². The Morgan fingerprint density at radius 2 is 1.89 bits per heavy atom. The van der Waals surface area contributed by atoms with Gasteiger partial charge in [-0.25, -0.2) is 9.78 Å². The molecule has 0 spiro atoms. The van der Waals surface area contributed by atoms with Gasteiger partial charge in [0.15, 0.2) is 0 Å². The summed E-state index contributed by atoms with van der Waals surface area (Å²) in [6, 6.07) is 12.6. The smallest absolute Gasteiger partial charge is 0.317 e. The van der Waals surface area contributed by atoms with E-state index in [-0.39, 0.29) is 6.03 Å². The summed E-state index contributed by atoms with van der Waals surface area (Å²) in [5.41, 5.74) is 3.68. The van der Waals surface area contributed by atoms with Crippen LogP contribution in [-0.2, 0) is 13.1 Å². The molecule has 6 heteroatoms. The first-order valence-corrected chi connectivity index (χ1v) is 9.44. The average molecular weight is 367 g/mol. The largest absolute Gasteiger partial charge is 0.363 e. The zero-order chi connectivity index (χ0) is 19.2. The zero-order valence-electron chi connectivity index (χ0n) is 16.5. The quantitative estimate of drug-likeness (QED) is 0.882. The SMILES string of the molecule is Cc1cccc(CN2CCN(C(=O)NCc3ccnc(N(C)C)c3)CC2)c1. The minimum atomic E-state index is 0.00780. The van der Waals surface area contributed by atoms with Crippen molar-refractivity contribution in [3.8, 4) is 0 Å². The lowest BCUT2D eigenvalue weighted by Gasteiger charge is -2.34. The summed E-state index contributed by atoms with van der Waals surface area (Å²) in [5.74, 6) is 0.895. The number of nitrogens with one attached hydrogen (secondary N) is 1. The van der Waals surface area contributed by atoms with E-state index in [0.29, 0.717) is 6.54 Å². The van der Waals surface area contributed by atoms with E-state index < -0.39 is 0 Å². The van der Waals surface area contributed by atoms with E-state index in [2.05, 4.69) is 46.4 Å². The number of carbonyl (C=O) groups excluding carboxylic acids is 1. The van der Waals surface area contributed by atoms with Crippen LogP contribution in [0, 0.1) is 6.92 Å². The number of pyridine rings is 1. The van der Waals surface area contributed by atoms with Crippen LogP contribution < -0.4 is 10.2 Å². The molecule has 6 nitrogen and oxygen atoms in total. The van der Waals surface area contributed by atoms with Crippen LogP contribution in [0.1, 0.15) is 16.7 Å². The van der Waals surface area contributed by atoms with Gasteiger partial charge in [0.25, 0.3) is 0 Å². The Morgan fingerprint density at radius 1 is 1.11 bits per heavy atom. The third-order valence-corrected chi connectivity index (χ3v) is 4.86. The predicted molar refractivity (Wildman–Crippen MR) is 109 cm³/mol. The maximum absolute atomic E-state index is 12.5. The second-order valence-corrected chi connectivity index (χ2v) is 7.33. The fraction of sp³-hybridized carbons (Fsp3) is 0.429. The third kappa shape index (κ3) is 5.44. The van der Waals surface area contributed by atoms with Crippen molar-refractivity contribution in [2.24, 2.45) is 0 Å². The molecule has 1 fully saturated rings. The van der Waals surface area contributed by atoms with E-state index in [4.69, 9.17) is 0 Å². The third-order valence-electron chi connectivity index (χ3n) is 4.86. The van der Waals surface area contributed by atoms with Crippen molar-refractivity contribution < 1.29 is 4.79 Å². The minimum Gasteiger partial charge on any atom is -0.363 e. The molecule has 27 heavy (non-hydrogen) atoms. The van der Waals surface area contributed by atoms with Crippen molar-refractivity contribution >= 4 is 11.8 Å². The number of piperazine rings is 1. The van der Waals surface area contributed by atoms with Crippen molar-refractivity contribution in [1.29, 1.82) is 0 Å². The molecule has 1 aliphatic heterocycles. The maximum Gasteiger partial charge on any atom is 0.317 e. The molecule has 1 N–H and O–H groups in total. The molecule has 3 rings (SSSR count). The molecule has 2 heterocycles. The van der Waals surface area contributed by atoms with Gasteiger partial charge in [-0.15, -0.1) is 0 Å². The molecule has 1 aliphatic rings. The number of nitrogens with zero attached hydrogens (tertiary/aromatic N) is 4. The lowest BCUT2D eigenvalue weighted by molar-refractivity contribution is 0.135. The number of hydrogen-bond acceptors (Lipinski definition) is 4. The summed E-state index contributed by atoms with van der Waals surface area (Å²) >= 11 is 0. The number of benzene rings is 1. The van der Waals surface area contributed by atoms with Crippen LogP contribution in [0.25, 0.3) is 0 Å². The first kappa shape index (κ1) is 19.2. The number of urea groups is 1.